The van der Waals surface area contributed by atoms with E-state index in [1.54, 1.807) is 35.2 Å². The van der Waals surface area contributed by atoms with Crippen molar-refractivity contribution in [1.82, 2.24) is 0 Å². The third-order valence-corrected chi connectivity index (χ3v) is 5.35. The van der Waals surface area contributed by atoms with E-state index in [2.05, 4.69) is 5.32 Å². The lowest BCUT2D eigenvalue weighted by Crippen LogP contribution is -2.27. The van der Waals surface area contributed by atoms with Crippen LogP contribution in [0.25, 0.3) is 0 Å². The molecule has 3 aromatic carbocycles. The molecule has 162 valence electrons. The predicted molar refractivity (Wildman–Crippen MR) is 123 cm³/mol. The maximum atomic E-state index is 12.7. The van der Waals surface area contributed by atoms with Gasteiger partial charge in [0.1, 0.15) is 0 Å². The van der Waals surface area contributed by atoms with Crippen LogP contribution in [0.3, 0.4) is 0 Å². The van der Waals surface area contributed by atoms with Crippen molar-refractivity contribution in [3.8, 4) is 0 Å². The fourth-order valence-corrected chi connectivity index (χ4v) is 3.80. The van der Waals surface area contributed by atoms with Crippen molar-refractivity contribution >= 4 is 29.2 Å². The molecule has 0 aliphatic carbocycles. The molecule has 0 unspecified atom stereocenters. The molecule has 32 heavy (non-hydrogen) atoms. The van der Waals surface area contributed by atoms with E-state index in [0.717, 1.165) is 17.5 Å². The summed E-state index contributed by atoms with van der Waals surface area (Å²) in [5.74, 6) is -0.971. The van der Waals surface area contributed by atoms with E-state index >= 15 is 0 Å². The minimum Gasteiger partial charge on any atom is -0.452 e. The molecule has 3 aromatic rings. The van der Waals surface area contributed by atoms with Crippen molar-refractivity contribution in [3.05, 3.63) is 95.6 Å². The molecule has 0 radical (unpaired) electrons. The van der Waals surface area contributed by atoms with E-state index in [1.165, 1.54) is 0 Å². The molecule has 0 bridgehead atoms. The smallest absolute Gasteiger partial charge is 0.338 e. The maximum Gasteiger partial charge on any atom is 0.338 e. The van der Waals surface area contributed by atoms with Gasteiger partial charge in [-0.3, -0.25) is 9.59 Å². The summed E-state index contributed by atoms with van der Waals surface area (Å²) < 4.78 is 5.30. The zero-order chi connectivity index (χ0) is 22.3. The fraction of sp³-hybridized carbons (Fsp3) is 0.192. The van der Waals surface area contributed by atoms with E-state index in [-0.39, 0.29) is 5.91 Å². The van der Waals surface area contributed by atoms with Crippen molar-refractivity contribution in [2.75, 3.05) is 23.4 Å². The average Bonchev–Trinajstić information content (AvgIpc) is 3.24. The Labute approximate surface area is 186 Å². The highest BCUT2D eigenvalue weighted by Crippen LogP contribution is 2.29. The molecule has 0 saturated carbocycles. The van der Waals surface area contributed by atoms with E-state index in [0.29, 0.717) is 36.3 Å². The van der Waals surface area contributed by atoms with Gasteiger partial charge in [0.25, 0.3) is 5.91 Å². The number of amides is 2. The summed E-state index contributed by atoms with van der Waals surface area (Å²) in [7, 11) is 0. The maximum absolute atomic E-state index is 12.7. The summed E-state index contributed by atoms with van der Waals surface area (Å²) in [6, 6.07) is 24.2. The first-order chi connectivity index (χ1) is 15.6. The molecule has 1 N–H and O–H groups in total. The zero-order valence-corrected chi connectivity index (χ0v) is 17.6. The molecule has 1 heterocycles. The summed E-state index contributed by atoms with van der Waals surface area (Å²) in [4.78, 5) is 38.9. The van der Waals surface area contributed by atoms with Crippen molar-refractivity contribution in [3.63, 3.8) is 0 Å². The number of para-hydroxylation sites is 2. The Bertz CT molecular complexity index is 1130. The van der Waals surface area contributed by atoms with E-state index < -0.39 is 18.5 Å². The predicted octanol–water partition coefficient (Wildman–Crippen LogP) is 4.20. The first-order valence-corrected chi connectivity index (χ1v) is 10.6. The van der Waals surface area contributed by atoms with Gasteiger partial charge in [0.2, 0.25) is 5.91 Å². The summed E-state index contributed by atoms with van der Waals surface area (Å²) in [6.07, 6.45) is 1.89. The molecule has 1 aliphatic heterocycles. The second-order valence-electron chi connectivity index (χ2n) is 7.61. The number of carbonyl (C=O) groups excluding carboxylic acids is 3. The van der Waals surface area contributed by atoms with E-state index in [4.69, 9.17) is 4.74 Å². The molecule has 0 spiro atoms. The second kappa shape index (κ2) is 9.92. The number of anilines is 2. The van der Waals surface area contributed by atoms with Gasteiger partial charge in [0.05, 0.1) is 16.9 Å². The van der Waals surface area contributed by atoms with Crippen molar-refractivity contribution in [2.45, 2.75) is 19.3 Å². The molecule has 0 atom stereocenters. The van der Waals surface area contributed by atoms with Crippen LogP contribution in [0.4, 0.5) is 11.4 Å². The van der Waals surface area contributed by atoms with Crippen molar-refractivity contribution in [1.29, 1.82) is 0 Å². The first kappa shape index (κ1) is 21.3. The lowest BCUT2D eigenvalue weighted by Gasteiger charge is -2.20. The zero-order valence-electron chi connectivity index (χ0n) is 17.6. The van der Waals surface area contributed by atoms with Crippen molar-refractivity contribution < 1.29 is 19.1 Å². The third-order valence-electron chi connectivity index (χ3n) is 5.35. The van der Waals surface area contributed by atoms with Gasteiger partial charge in [-0.1, -0.05) is 60.7 Å². The van der Waals surface area contributed by atoms with Gasteiger partial charge >= 0.3 is 5.97 Å². The Morgan fingerprint density at radius 3 is 2.41 bits per heavy atom. The van der Waals surface area contributed by atoms with Crippen LogP contribution < -0.4 is 10.2 Å². The number of nitrogens with one attached hydrogen (secondary N) is 1. The Hall–Kier alpha value is -3.93. The largest absolute Gasteiger partial charge is 0.452 e. The number of nitrogens with zero attached hydrogens (tertiary/aromatic N) is 1. The quantitative estimate of drug-likeness (QED) is 0.573. The highest BCUT2D eigenvalue weighted by Gasteiger charge is 2.24. The minimum atomic E-state index is -0.547. The molecule has 1 saturated heterocycles. The summed E-state index contributed by atoms with van der Waals surface area (Å²) in [5, 5.41) is 2.76. The number of ether oxygens (including phenoxy) is 1. The van der Waals surface area contributed by atoms with Crippen LogP contribution in [0.2, 0.25) is 0 Å². The van der Waals surface area contributed by atoms with Gasteiger partial charge in [-0.05, 0) is 42.2 Å². The third kappa shape index (κ3) is 5.03. The number of esters is 1. The molecule has 0 aromatic heterocycles. The average molecular weight is 428 g/mol. The molecule has 4 rings (SSSR count). The van der Waals surface area contributed by atoms with Gasteiger partial charge in [0, 0.05) is 13.0 Å². The highest BCUT2D eigenvalue weighted by atomic mass is 16.5. The molecule has 1 fully saturated rings. The topological polar surface area (TPSA) is 75.7 Å². The fourth-order valence-electron chi connectivity index (χ4n) is 3.80. The van der Waals surface area contributed by atoms with Crippen LogP contribution in [-0.2, 0) is 20.7 Å². The van der Waals surface area contributed by atoms with E-state index in [1.807, 2.05) is 48.5 Å². The number of benzene rings is 3. The lowest BCUT2D eigenvalue weighted by atomic mass is 10.00. The van der Waals surface area contributed by atoms with Crippen LogP contribution in [0.1, 0.15) is 34.3 Å². The molecule has 6 nitrogen and oxygen atoms in total. The van der Waals surface area contributed by atoms with Crippen LogP contribution in [0, 0.1) is 0 Å². The molecule has 6 heteroatoms. The molecule has 1 aliphatic rings. The number of hydrogen-bond acceptors (Lipinski definition) is 4. The van der Waals surface area contributed by atoms with Crippen LogP contribution in [-0.4, -0.2) is 30.9 Å². The van der Waals surface area contributed by atoms with Gasteiger partial charge in [-0.15, -0.1) is 0 Å². The first-order valence-electron chi connectivity index (χ1n) is 10.6. The summed E-state index contributed by atoms with van der Waals surface area (Å²) in [5.41, 5.74) is 3.53. The Balaban J connectivity index is 1.39. The Kier molecular flexibility index (Phi) is 6.60. The summed E-state index contributed by atoms with van der Waals surface area (Å²) >= 11 is 0. The summed E-state index contributed by atoms with van der Waals surface area (Å²) in [6.45, 7) is 0.208. The van der Waals surface area contributed by atoms with Gasteiger partial charge < -0.3 is 15.0 Å². The van der Waals surface area contributed by atoms with Crippen LogP contribution in [0.15, 0.2) is 78.9 Å². The highest BCUT2D eigenvalue weighted by molar-refractivity contribution is 6.03. The Morgan fingerprint density at radius 1 is 0.906 bits per heavy atom. The lowest BCUT2D eigenvalue weighted by molar-refractivity contribution is -0.119. The molecular formula is C26H24N2O4. The Morgan fingerprint density at radius 2 is 1.62 bits per heavy atom. The van der Waals surface area contributed by atoms with Gasteiger partial charge in [-0.25, -0.2) is 4.79 Å². The number of carbonyl (C=O) groups is 3. The second-order valence-corrected chi connectivity index (χ2v) is 7.61. The van der Waals surface area contributed by atoms with Crippen molar-refractivity contribution in [2.24, 2.45) is 0 Å². The minimum absolute atomic E-state index is 0.0353. The van der Waals surface area contributed by atoms with E-state index in [9.17, 15) is 14.4 Å². The normalized spacial score (nSPS) is 13.1. The van der Waals surface area contributed by atoms with Gasteiger partial charge in [-0.2, -0.15) is 0 Å². The molecule has 2 amide bonds. The standard InChI is InChI=1S/C26H24N2O4/c29-24(27-22-13-6-7-14-23(22)28-16-8-15-25(28)30)18-32-26(31)21-12-5-4-11-20(21)17-19-9-2-1-3-10-19/h1-7,9-14H,8,15-18H2,(H,27,29). The van der Waals surface area contributed by atoms with Crippen LogP contribution >= 0.6 is 0 Å². The SMILES string of the molecule is O=C(COC(=O)c1ccccc1Cc1ccccc1)Nc1ccccc1N1CCCC1=O. The monoisotopic (exact) mass is 428 g/mol. The van der Waals surface area contributed by atoms with Gasteiger partial charge in [0.15, 0.2) is 6.61 Å². The van der Waals surface area contributed by atoms with Crippen LogP contribution in [0.5, 0.6) is 0 Å². The number of rotatable bonds is 7. The molecular weight excluding hydrogens is 404 g/mol. The number of hydrogen-bond donors (Lipinski definition) is 1.